The Bertz CT molecular complexity index is 747. The number of nitrogens with zero attached hydrogens (tertiary/aromatic N) is 4. The Hall–Kier alpha value is -1.79. The molecule has 1 aromatic carbocycles. The number of carbonyl (C=O) groups is 1. The van der Waals surface area contributed by atoms with Gasteiger partial charge in [0, 0.05) is 32.2 Å². The topological polar surface area (TPSA) is 49.3 Å². The summed E-state index contributed by atoms with van der Waals surface area (Å²) in [4.78, 5) is 18.4. The third-order valence-electron chi connectivity index (χ3n) is 5.82. The molecule has 1 aromatic heterocycles. The molecule has 2 aliphatic rings. The van der Waals surface area contributed by atoms with Crippen LogP contribution in [0.5, 0.6) is 0 Å². The van der Waals surface area contributed by atoms with E-state index in [2.05, 4.69) is 49.7 Å². The number of piperidine rings is 2. The Morgan fingerprint density at radius 1 is 1.23 bits per heavy atom. The Morgan fingerprint density at radius 2 is 2.08 bits per heavy atom. The summed E-state index contributed by atoms with van der Waals surface area (Å²) in [5, 5.41) is 4.01. The zero-order valence-electron chi connectivity index (χ0n) is 15.3. The maximum atomic E-state index is 13.0. The Morgan fingerprint density at radius 3 is 2.85 bits per heavy atom. The van der Waals surface area contributed by atoms with Gasteiger partial charge < -0.3 is 9.80 Å². The van der Waals surface area contributed by atoms with Crippen molar-refractivity contribution in [2.24, 2.45) is 5.92 Å². The van der Waals surface area contributed by atoms with Gasteiger partial charge in [0.1, 0.15) is 4.88 Å². The molecular weight excluding hydrogens is 344 g/mol. The van der Waals surface area contributed by atoms with E-state index in [0.29, 0.717) is 12.0 Å². The van der Waals surface area contributed by atoms with E-state index in [0.717, 1.165) is 56.0 Å². The van der Waals surface area contributed by atoms with Crippen molar-refractivity contribution in [1.82, 2.24) is 19.4 Å². The third kappa shape index (κ3) is 3.67. The number of fused-ring (bicyclic) bond motifs is 1. The van der Waals surface area contributed by atoms with Crippen LogP contribution >= 0.6 is 11.5 Å². The van der Waals surface area contributed by atoms with E-state index in [4.69, 9.17) is 0 Å². The lowest BCUT2D eigenvalue weighted by Gasteiger charge is -2.47. The van der Waals surface area contributed by atoms with E-state index >= 15 is 0 Å². The largest absolute Gasteiger partial charge is 0.334 e. The van der Waals surface area contributed by atoms with Crippen LogP contribution in [0.2, 0.25) is 0 Å². The summed E-state index contributed by atoms with van der Waals surface area (Å²) in [5.74, 6) is 0.739. The van der Waals surface area contributed by atoms with Crippen LogP contribution in [0.3, 0.4) is 0 Å². The number of aromatic nitrogens is 2. The second-order valence-corrected chi connectivity index (χ2v) is 8.23. The molecule has 2 fully saturated rings. The number of carbonyl (C=O) groups excluding carboxylic acids is 1. The summed E-state index contributed by atoms with van der Waals surface area (Å²) in [6.45, 7) is 6.06. The first-order valence-corrected chi connectivity index (χ1v) is 10.4. The monoisotopic (exact) mass is 370 g/mol. The minimum Gasteiger partial charge on any atom is -0.334 e. The number of aryl methyl sites for hydroxylation is 1. The standard InChI is InChI=1S/C20H26N4OS/c1-15-19(26-22-21-15)20(25)24-11-5-8-17-14-23(13-10-18(17)24)12-9-16-6-3-2-4-7-16/h2-4,6-7,17-18H,5,8-14H2,1H3/t17-,18+/m1/s1. The first-order valence-electron chi connectivity index (χ1n) is 9.58. The van der Waals surface area contributed by atoms with Crippen molar-refractivity contribution in [2.45, 2.75) is 38.6 Å². The van der Waals surface area contributed by atoms with E-state index in [1.807, 2.05) is 6.92 Å². The van der Waals surface area contributed by atoms with Crippen LogP contribution in [0.15, 0.2) is 30.3 Å². The Labute approximate surface area is 159 Å². The molecule has 0 spiro atoms. The smallest absolute Gasteiger partial charge is 0.267 e. The highest BCUT2D eigenvalue weighted by Crippen LogP contribution is 2.32. The highest BCUT2D eigenvalue weighted by atomic mass is 32.1. The summed E-state index contributed by atoms with van der Waals surface area (Å²) in [6.07, 6.45) is 4.52. The predicted octanol–water partition coefficient (Wildman–Crippen LogP) is 3.02. The van der Waals surface area contributed by atoms with Gasteiger partial charge in [0.15, 0.2) is 0 Å². The van der Waals surface area contributed by atoms with E-state index in [9.17, 15) is 4.79 Å². The molecule has 0 saturated carbocycles. The van der Waals surface area contributed by atoms with Gasteiger partial charge >= 0.3 is 0 Å². The lowest BCUT2D eigenvalue weighted by Crippen LogP contribution is -2.55. The van der Waals surface area contributed by atoms with E-state index in [-0.39, 0.29) is 5.91 Å². The molecule has 6 heteroatoms. The molecule has 138 valence electrons. The second kappa shape index (κ2) is 7.84. The van der Waals surface area contributed by atoms with Crippen molar-refractivity contribution in [3.63, 3.8) is 0 Å². The SMILES string of the molecule is Cc1nnsc1C(=O)N1CCC[C@@H]2CN(CCc3ccccc3)CC[C@@H]21. The van der Waals surface area contributed by atoms with Gasteiger partial charge in [-0.25, -0.2) is 0 Å². The van der Waals surface area contributed by atoms with Gasteiger partial charge in [-0.15, -0.1) is 5.10 Å². The van der Waals surface area contributed by atoms with Crippen LogP contribution < -0.4 is 0 Å². The number of amides is 1. The Balaban J connectivity index is 1.38. The van der Waals surface area contributed by atoms with Gasteiger partial charge in [0.25, 0.3) is 5.91 Å². The van der Waals surface area contributed by atoms with Crippen molar-refractivity contribution < 1.29 is 4.79 Å². The molecule has 3 heterocycles. The first-order chi connectivity index (χ1) is 12.7. The van der Waals surface area contributed by atoms with Crippen molar-refractivity contribution in [2.75, 3.05) is 26.2 Å². The Kier molecular flexibility index (Phi) is 5.31. The van der Waals surface area contributed by atoms with E-state index in [1.165, 1.54) is 23.5 Å². The highest BCUT2D eigenvalue weighted by Gasteiger charge is 2.39. The maximum Gasteiger partial charge on any atom is 0.267 e. The molecule has 5 nitrogen and oxygen atoms in total. The van der Waals surface area contributed by atoms with Crippen LogP contribution in [0.4, 0.5) is 0 Å². The van der Waals surface area contributed by atoms with Crippen LogP contribution in [-0.2, 0) is 6.42 Å². The lowest BCUT2D eigenvalue weighted by molar-refractivity contribution is 0.0207. The number of hydrogen-bond donors (Lipinski definition) is 0. The predicted molar refractivity (Wildman–Crippen MR) is 103 cm³/mol. The summed E-state index contributed by atoms with van der Waals surface area (Å²) < 4.78 is 3.94. The molecule has 2 saturated heterocycles. The third-order valence-corrected chi connectivity index (χ3v) is 6.63. The minimum atomic E-state index is 0.143. The van der Waals surface area contributed by atoms with Gasteiger partial charge in [-0.3, -0.25) is 4.79 Å². The highest BCUT2D eigenvalue weighted by molar-refractivity contribution is 7.07. The zero-order valence-corrected chi connectivity index (χ0v) is 16.1. The second-order valence-electron chi connectivity index (χ2n) is 7.48. The maximum absolute atomic E-state index is 13.0. The molecule has 4 rings (SSSR count). The molecule has 2 atom stereocenters. The molecule has 26 heavy (non-hydrogen) atoms. The fourth-order valence-corrected chi connectivity index (χ4v) is 5.04. The molecule has 2 aromatic rings. The van der Waals surface area contributed by atoms with Gasteiger partial charge in [0.05, 0.1) is 5.69 Å². The molecule has 2 aliphatic heterocycles. The average Bonchev–Trinajstić information content (AvgIpc) is 3.12. The summed E-state index contributed by atoms with van der Waals surface area (Å²) >= 11 is 1.23. The fourth-order valence-electron chi connectivity index (χ4n) is 4.42. The molecular formula is C20H26N4OS. The van der Waals surface area contributed by atoms with Crippen molar-refractivity contribution in [3.05, 3.63) is 46.5 Å². The van der Waals surface area contributed by atoms with Gasteiger partial charge in [0.2, 0.25) is 0 Å². The van der Waals surface area contributed by atoms with Crippen molar-refractivity contribution in [1.29, 1.82) is 0 Å². The van der Waals surface area contributed by atoms with Crippen molar-refractivity contribution in [3.8, 4) is 0 Å². The van der Waals surface area contributed by atoms with E-state index < -0.39 is 0 Å². The summed E-state index contributed by atoms with van der Waals surface area (Å²) in [7, 11) is 0. The lowest BCUT2D eigenvalue weighted by atomic mass is 9.83. The number of benzene rings is 1. The summed E-state index contributed by atoms with van der Waals surface area (Å²) in [6, 6.07) is 11.1. The first kappa shape index (κ1) is 17.6. The normalized spacial score (nSPS) is 23.7. The minimum absolute atomic E-state index is 0.143. The fraction of sp³-hybridized carbons (Fsp3) is 0.550. The van der Waals surface area contributed by atoms with Gasteiger partial charge in [-0.2, -0.15) is 0 Å². The molecule has 1 amide bonds. The number of likely N-dealkylation sites (tertiary alicyclic amines) is 2. The zero-order chi connectivity index (χ0) is 17.9. The average molecular weight is 371 g/mol. The van der Waals surface area contributed by atoms with Crippen LogP contribution in [0.1, 0.15) is 40.2 Å². The molecule has 0 aliphatic carbocycles. The molecule has 0 bridgehead atoms. The van der Waals surface area contributed by atoms with Crippen LogP contribution in [-0.4, -0.2) is 57.5 Å². The van der Waals surface area contributed by atoms with Gasteiger partial charge in [-0.05, 0) is 55.6 Å². The molecule has 0 unspecified atom stereocenters. The number of rotatable bonds is 4. The van der Waals surface area contributed by atoms with Crippen LogP contribution in [0, 0.1) is 12.8 Å². The van der Waals surface area contributed by atoms with E-state index in [1.54, 1.807) is 0 Å². The van der Waals surface area contributed by atoms with Crippen LogP contribution in [0.25, 0.3) is 0 Å². The number of hydrogen-bond acceptors (Lipinski definition) is 5. The molecule has 0 N–H and O–H groups in total. The quantitative estimate of drug-likeness (QED) is 0.830. The van der Waals surface area contributed by atoms with Gasteiger partial charge in [-0.1, -0.05) is 34.8 Å². The molecule has 0 radical (unpaired) electrons. The van der Waals surface area contributed by atoms with Crippen molar-refractivity contribution >= 4 is 17.4 Å². The summed E-state index contributed by atoms with van der Waals surface area (Å²) in [5.41, 5.74) is 2.17.